The predicted molar refractivity (Wildman–Crippen MR) is 77.8 cm³/mol. The van der Waals surface area contributed by atoms with Crippen molar-refractivity contribution >= 4 is 23.4 Å². The van der Waals surface area contributed by atoms with E-state index in [1.807, 2.05) is 19.0 Å². The van der Waals surface area contributed by atoms with E-state index in [9.17, 15) is 9.59 Å². The number of carbonyl (C=O) groups is 2. The zero-order valence-electron chi connectivity index (χ0n) is 11.7. The Morgan fingerprint density at radius 3 is 2.90 bits per heavy atom. The Hall–Kier alpha value is -2.08. The Labute approximate surface area is 118 Å². The highest BCUT2D eigenvalue weighted by Gasteiger charge is 2.28. The van der Waals surface area contributed by atoms with Gasteiger partial charge in [0, 0.05) is 6.54 Å². The molecule has 0 radical (unpaired) electrons. The molecule has 0 aromatic heterocycles. The van der Waals surface area contributed by atoms with Crippen molar-refractivity contribution < 1.29 is 9.59 Å². The smallest absolute Gasteiger partial charge is 0.289 e. The number of carbonyl (C=O) groups excluding carboxylic acids is 2. The molecular weight excluding hydrogens is 256 g/mol. The Morgan fingerprint density at radius 2 is 2.15 bits per heavy atom. The molecule has 6 heteroatoms. The third-order valence-electron chi connectivity index (χ3n) is 2.99. The number of nitrogens with one attached hydrogen (secondary N) is 1. The molecule has 0 saturated heterocycles. The number of aliphatic imine (C=N–C) groups is 2. The molecule has 0 bridgehead atoms. The predicted octanol–water partition coefficient (Wildman–Crippen LogP) is 0.176. The quantitative estimate of drug-likeness (QED) is 0.727. The molecule has 2 aliphatic rings. The van der Waals surface area contributed by atoms with Crippen LogP contribution in [0, 0.1) is 5.92 Å². The number of hydrogen-bond donors (Lipinski definition) is 1. The van der Waals surface area contributed by atoms with Gasteiger partial charge in [-0.3, -0.25) is 9.59 Å². The maximum absolute atomic E-state index is 11.9. The summed E-state index contributed by atoms with van der Waals surface area (Å²) in [5.41, 5.74) is 0.575. The lowest BCUT2D eigenvalue weighted by Gasteiger charge is -2.17. The summed E-state index contributed by atoms with van der Waals surface area (Å²) in [5, 5.41) is 2.73. The number of nitrogens with zero attached hydrogens (tertiary/aromatic N) is 3. The summed E-state index contributed by atoms with van der Waals surface area (Å²) in [6.07, 6.45) is 7.87. The van der Waals surface area contributed by atoms with E-state index in [-0.39, 0.29) is 11.7 Å². The van der Waals surface area contributed by atoms with Crippen LogP contribution in [0.5, 0.6) is 0 Å². The minimum absolute atomic E-state index is 0.0500. The number of rotatable bonds is 5. The summed E-state index contributed by atoms with van der Waals surface area (Å²) < 4.78 is 0. The Morgan fingerprint density at radius 1 is 1.35 bits per heavy atom. The first kappa shape index (κ1) is 14.3. The summed E-state index contributed by atoms with van der Waals surface area (Å²) in [4.78, 5) is 33.7. The van der Waals surface area contributed by atoms with E-state index in [1.54, 1.807) is 24.3 Å². The van der Waals surface area contributed by atoms with Crippen LogP contribution < -0.4 is 5.32 Å². The van der Waals surface area contributed by atoms with Crippen molar-refractivity contribution in [3.05, 3.63) is 24.3 Å². The molecule has 2 rings (SSSR count). The monoisotopic (exact) mass is 274 g/mol. The van der Waals surface area contributed by atoms with Crippen molar-refractivity contribution in [2.45, 2.75) is 6.42 Å². The molecule has 2 amide bonds. The Bertz CT molecular complexity index is 529. The maximum Gasteiger partial charge on any atom is 0.289 e. The lowest BCUT2D eigenvalue weighted by molar-refractivity contribution is -0.119. The van der Waals surface area contributed by atoms with Crippen molar-refractivity contribution in [1.29, 1.82) is 0 Å². The molecular formula is C14H18N4O2. The van der Waals surface area contributed by atoms with Gasteiger partial charge in [0.1, 0.15) is 5.92 Å². The minimum atomic E-state index is -0.440. The van der Waals surface area contributed by atoms with Gasteiger partial charge in [0.25, 0.3) is 11.8 Å². The molecule has 6 nitrogen and oxygen atoms in total. The first-order valence-electron chi connectivity index (χ1n) is 6.57. The van der Waals surface area contributed by atoms with Crippen molar-refractivity contribution in [3.63, 3.8) is 0 Å². The van der Waals surface area contributed by atoms with Crippen LogP contribution in [-0.4, -0.2) is 55.4 Å². The zero-order valence-corrected chi connectivity index (χ0v) is 11.7. The molecule has 106 valence electrons. The van der Waals surface area contributed by atoms with Gasteiger partial charge in [-0.05, 0) is 33.1 Å². The van der Waals surface area contributed by atoms with Crippen LogP contribution in [0.25, 0.3) is 0 Å². The van der Waals surface area contributed by atoms with Gasteiger partial charge < -0.3 is 10.2 Å². The molecule has 0 saturated carbocycles. The lowest BCUT2D eigenvalue weighted by atomic mass is 9.96. The molecule has 1 heterocycles. The summed E-state index contributed by atoms with van der Waals surface area (Å²) in [6, 6.07) is 0. The standard InChI is InChI=1S/C14H18N4O2/c1-18(2)9-5-8-15-14(20)12-16-11-7-4-3-6-10(11)13(19)17-12/h3-4,6-7,10H,5,8-9H2,1-2H3,(H,15,20). The van der Waals surface area contributed by atoms with Crippen molar-refractivity contribution in [2.24, 2.45) is 15.9 Å². The second-order valence-corrected chi connectivity index (χ2v) is 4.94. The maximum atomic E-state index is 11.9. The van der Waals surface area contributed by atoms with Gasteiger partial charge in [0.05, 0.1) is 5.71 Å². The van der Waals surface area contributed by atoms with Gasteiger partial charge in [-0.1, -0.05) is 18.2 Å². The van der Waals surface area contributed by atoms with E-state index in [0.717, 1.165) is 13.0 Å². The van der Waals surface area contributed by atoms with Gasteiger partial charge in [-0.15, -0.1) is 0 Å². The van der Waals surface area contributed by atoms with Gasteiger partial charge in [0.2, 0.25) is 5.84 Å². The van der Waals surface area contributed by atoms with Crippen molar-refractivity contribution in [1.82, 2.24) is 10.2 Å². The number of amides is 2. The second kappa shape index (κ2) is 6.38. The number of allylic oxidation sites excluding steroid dienone is 3. The Kier molecular flexibility index (Phi) is 4.57. The average molecular weight is 274 g/mol. The minimum Gasteiger partial charge on any atom is -0.349 e. The number of hydrogen-bond acceptors (Lipinski definition) is 4. The lowest BCUT2D eigenvalue weighted by Crippen LogP contribution is -2.37. The largest absolute Gasteiger partial charge is 0.349 e. The molecule has 0 spiro atoms. The number of fused-ring (bicyclic) bond motifs is 1. The molecule has 20 heavy (non-hydrogen) atoms. The van der Waals surface area contributed by atoms with E-state index in [1.165, 1.54) is 0 Å². The van der Waals surface area contributed by atoms with E-state index in [0.29, 0.717) is 12.3 Å². The fraction of sp³-hybridized carbons (Fsp3) is 0.429. The average Bonchev–Trinajstić information content (AvgIpc) is 2.43. The van der Waals surface area contributed by atoms with E-state index in [4.69, 9.17) is 0 Å². The third kappa shape index (κ3) is 3.48. The molecule has 1 aliphatic heterocycles. The highest BCUT2D eigenvalue weighted by atomic mass is 16.2. The first-order chi connectivity index (χ1) is 9.58. The molecule has 1 aliphatic carbocycles. The van der Waals surface area contributed by atoms with Gasteiger partial charge >= 0.3 is 0 Å². The summed E-state index contributed by atoms with van der Waals surface area (Å²) in [5.74, 6) is -1.23. The van der Waals surface area contributed by atoms with E-state index < -0.39 is 11.8 Å². The molecule has 0 fully saturated rings. The normalized spacial score (nSPS) is 20.6. The fourth-order valence-electron chi connectivity index (χ4n) is 1.95. The van der Waals surface area contributed by atoms with E-state index >= 15 is 0 Å². The third-order valence-corrected chi connectivity index (χ3v) is 2.99. The fourth-order valence-corrected chi connectivity index (χ4v) is 1.95. The van der Waals surface area contributed by atoms with Crippen LogP contribution in [0.3, 0.4) is 0 Å². The van der Waals surface area contributed by atoms with Crippen LogP contribution in [0.4, 0.5) is 0 Å². The van der Waals surface area contributed by atoms with Crippen LogP contribution in [-0.2, 0) is 9.59 Å². The SMILES string of the molecule is CN(C)CCCNC(=O)C1=NC(=O)C2C=CC=CC2=N1. The first-order valence-corrected chi connectivity index (χ1v) is 6.57. The zero-order chi connectivity index (χ0) is 14.5. The van der Waals surface area contributed by atoms with Crippen LogP contribution in [0.1, 0.15) is 6.42 Å². The summed E-state index contributed by atoms with van der Waals surface area (Å²) in [7, 11) is 3.95. The van der Waals surface area contributed by atoms with E-state index in [2.05, 4.69) is 15.3 Å². The van der Waals surface area contributed by atoms with Crippen molar-refractivity contribution in [2.75, 3.05) is 27.2 Å². The van der Waals surface area contributed by atoms with Gasteiger partial charge in [0.15, 0.2) is 0 Å². The van der Waals surface area contributed by atoms with Gasteiger partial charge in [-0.25, -0.2) is 4.99 Å². The number of amidine groups is 1. The molecule has 0 aromatic carbocycles. The molecule has 1 N–H and O–H groups in total. The second-order valence-electron chi connectivity index (χ2n) is 4.94. The molecule has 0 aromatic rings. The summed E-state index contributed by atoms with van der Waals surface area (Å²) in [6.45, 7) is 1.42. The van der Waals surface area contributed by atoms with Gasteiger partial charge in [-0.2, -0.15) is 4.99 Å². The van der Waals surface area contributed by atoms with Crippen molar-refractivity contribution in [3.8, 4) is 0 Å². The Balaban J connectivity index is 1.94. The molecule has 1 unspecified atom stereocenters. The van der Waals surface area contributed by atoms with Crippen LogP contribution in [0.15, 0.2) is 34.3 Å². The highest BCUT2D eigenvalue weighted by Crippen LogP contribution is 2.16. The summed E-state index contributed by atoms with van der Waals surface area (Å²) >= 11 is 0. The van der Waals surface area contributed by atoms with Crippen LogP contribution >= 0.6 is 0 Å². The highest BCUT2D eigenvalue weighted by molar-refractivity contribution is 6.44. The topological polar surface area (TPSA) is 74.1 Å². The van der Waals surface area contributed by atoms with Crippen LogP contribution in [0.2, 0.25) is 0 Å². The molecule has 1 atom stereocenters.